The quantitative estimate of drug-likeness (QED) is 0.356. The smallest absolute Gasteiger partial charge is 0.0000625 e. The molecule has 0 aromatic rings. The normalized spacial score (nSPS) is 8.89. The lowest BCUT2D eigenvalue weighted by atomic mass is 10.4. The van der Waals surface area contributed by atoms with Crippen LogP contribution in [-0.4, -0.2) is 25.5 Å². The van der Waals surface area contributed by atoms with Crippen LogP contribution < -0.4 is 5.32 Å². The molecule has 3 N–H and O–H groups in total. The fraction of sp³-hybridized carbons (Fsp3) is 0.667. The highest BCUT2D eigenvalue weighted by Gasteiger charge is 1.81. The molecule has 0 amide bonds. The fourth-order valence-electron chi connectivity index (χ4n) is 0.473. The molecular formula is C6H13N3. The average Bonchev–Trinajstić information content (AvgIpc) is 1.89. The third kappa shape index (κ3) is 7.30. The van der Waals surface area contributed by atoms with Crippen molar-refractivity contribution in [1.82, 2.24) is 5.32 Å². The van der Waals surface area contributed by atoms with E-state index in [1.165, 1.54) is 12.4 Å². The molecule has 0 aromatic heterocycles. The van der Waals surface area contributed by atoms with Crippen LogP contribution in [-0.2, 0) is 0 Å². The Hall–Kier alpha value is -0.700. The summed E-state index contributed by atoms with van der Waals surface area (Å²) in [6.07, 6.45) is 4.35. The lowest BCUT2D eigenvalue weighted by molar-refractivity contribution is 0.720. The van der Waals surface area contributed by atoms with E-state index in [4.69, 9.17) is 10.8 Å². The first-order valence-corrected chi connectivity index (χ1v) is 3.10. The molecule has 9 heavy (non-hydrogen) atoms. The molecule has 0 aromatic carbocycles. The van der Waals surface area contributed by atoms with Crippen molar-refractivity contribution in [2.75, 3.05) is 13.1 Å². The second-order valence-electron chi connectivity index (χ2n) is 1.74. The van der Waals surface area contributed by atoms with Gasteiger partial charge in [-0.25, -0.2) is 0 Å². The molecule has 0 bridgehead atoms. The Morgan fingerprint density at radius 2 is 1.44 bits per heavy atom. The van der Waals surface area contributed by atoms with Crippen LogP contribution in [0, 0.1) is 10.8 Å². The third-order valence-corrected chi connectivity index (χ3v) is 0.931. The number of nitrogens with one attached hydrogen (secondary N) is 3. The van der Waals surface area contributed by atoms with Crippen molar-refractivity contribution in [1.29, 1.82) is 10.8 Å². The zero-order valence-corrected chi connectivity index (χ0v) is 5.48. The summed E-state index contributed by atoms with van der Waals surface area (Å²) in [4.78, 5) is 0. The Morgan fingerprint density at radius 3 is 1.78 bits per heavy atom. The van der Waals surface area contributed by atoms with Crippen LogP contribution in [0.5, 0.6) is 0 Å². The van der Waals surface area contributed by atoms with Crippen LogP contribution in [0.2, 0.25) is 0 Å². The summed E-state index contributed by atoms with van der Waals surface area (Å²) in [5, 5.41) is 16.4. The Balaban J connectivity index is 2.74. The van der Waals surface area contributed by atoms with Gasteiger partial charge in [0.05, 0.1) is 0 Å². The van der Waals surface area contributed by atoms with Gasteiger partial charge < -0.3 is 16.1 Å². The molecule has 3 nitrogen and oxygen atoms in total. The van der Waals surface area contributed by atoms with Gasteiger partial charge in [-0.15, -0.1) is 0 Å². The van der Waals surface area contributed by atoms with Gasteiger partial charge in [-0.2, -0.15) is 0 Å². The monoisotopic (exact) mass is 127 g/mol. The van der Waals surface area contributed by atoms with E-state index in [1.807, 2.05) is 0 Å². The second kappa shape index (κ2) is 7.30. The largest absolute Gasteiger partial charge is 0.316 e. The SMILES string of the molecule is N=CCCNCCC=N. The molecule has 0 heterocycles. The van der Waals surface area contributed by atoms with E-state index < -0.39 is 0 Å². The van der Waals surface area contributed by atoms with Crippen LogP contribution >= 0.6 is 0 Å². The molecule has 0 saturated carbocycles. The number of hydrogen-bond acceptors (Lipinski definition) is 3. The van der Waals surface area contributed by atoms with Crippen molar-refractivity contribution in [3.8, 4) is 0 Å². The molecule has 0 aliphatic heterocycles. The maximum Gasteiger partial charge on any atom is 0.0000625 e. The van der Waals surface area contributed by atoms with E-state index in [2.05, 4.69) is 5.32 Å². The zero-order valence-electron chi connectivity index (χ0n) is 5.48. The lowest BCUT2D eigenvalue weighted by Crippen LogP contribution is -2.16. The van der Waals surface area contributed by atoms with Crippen LogP contribution in [0.25, 0.3) is 0 Å². The Kier molecular flexibility index (Phi) is 6.73. The summed E-state index contributed by atoms with van der Waals surface area (Å²) in [6, 6.07) is 0. The van der Waals surface area contributed by atoms with E-state index in [0.717, 1.165) is 25.9 Å². The molecule has 0 saturated heterocycles. The molecule has 0 aliphatic carbocycles. The maximum atomic E-state index is 6.67. The predicted molar refractivity (Wildman–Crippen MR) is 39.7 cm³/mol. The number of hydrogen-bond donors (Lipinski definition) is 3. The van der Waals surface area contributed by atoms with Gasteiger partial charge in [-0.05, 0) is 25.3 Å². The van der Waals surface area contributed by atoms with E-state index in [1.54, 1.807) is 0 Å². The van der Waals surface area contributed by atoms with Gasteiger partial charge in [0.25, 0.3) is 0 Å². The third-order valence-electron chi connectivity index (χ3n) is 0.931. The molecule has 0 fully saturated rings. The first-order valence-electron chi connectivity index (χ1n) is 3.10. The highest BCUT2D eigenvalue weighted by Crippen LogP contribution is 1.70. The Bertz CT molecular complexity index is 70.4. The molecule has 0 atom stereocenters. The van der Waals surface area contributed by atoms with E-state index in [-0.39, 0.29) is 0 Å². The van der Waals surface area contributed by atoms with Crippen molar-refractivity contribution in [3.63, 3.8) is 0 Å². The highest BCUT2D eigenvalue weighted by atomic mass is 14.8. The van der Waals surface area contributed by atoms with Crippen LogP contribution in [0.15, 0.2) is 0 Å². The molecule has 0 spiro atoms. The van der Waals surface area contributed by atoms with Crippen molar-refractivity contribution in [2.45, 2.75) is 12.8 Å². The van der Waals surface area contributed by atoms with Gasteiger partial charge in [0.1, 0.15) is 0 Å². The Labute approximate surface area is 55.5 Å². The molecule has 0 aliphatic rings. The van der Waals surface area contributed by atoms with Crippen molar-refractivity contribution in [2.24, 2.45) is 0 Å². The molecule has 3 heteroatoms. The van der Waals surface area contributed by atoms with Crippen LogP contribution in [0.3, 0.4) is 0 Å². The summed E-state index contributed by atoms with van der Waals surface area (Å²) >= 11 is 0. The van der Waals surface area contributed by atoms with Crippen molar-refractivity contribution >= 4 is 12.4 Å². The maximum absolute atomic E-state index is 6.67. The average molecular weight is 127 g/mol. The van der Waals surface area contributed by atoms with Gasteiger partial charge in [0.2, 0.25) is 0 Å². The highest BCUT2D eigenvalue weighted by molar-refractivity contribution is 5.53. The summed E-state index contributed by atoms with van der Waals surface area (Å²) < 4.78 is 0. The van der Waals surface area contributed by atoms with Crippen molar-refractivity contribution < 1.29 is 0 Å². The van der Waals surface area contributed by atoms with E-state index in [0.29, 0.717) is 0 Å². The lowest BCUT2D eigenvalue weighted by Gasteiger charge is -1.96. The van der Waals surface area contributed by atoms with Gasteiger partial charge >= 0.3 is 0 Å². The summed E-state index contributed by atoms with van der Waals surface area (Å²) in [6.45, 7) is 1.72. The zero-order chi connectivity index (χ0) is 6.95. The van der Waals surface area contributed by atoms with Crippen LogP contribution in [0.1, 0.15) is 12.8 Å². The van der Waals surface area contributed by atoms with E-state index in [9.17, 15) is 0 Å². The molecule has 0 rings (SSSR count). The molecule has 52 valence electrons. The minimum atomic E-state index is 0.790. The standard InChI is InChI=1S/C6H13N3/c7-3-1-5-9-6-2-4-8/h3-4,7-9H,1-2,5-6H2. The fourth-order valence-corrected chi connectivity index (χ4v) is 0.473. The first kappa shape index (κ1) is 8.30. The Morgan fingerprint density at radius 1 is 1.00 bits per heavy atom. The summed E-state index contributed by atoms with van der Waals surface area (Å²) in [5.41, 5.74) is 0. The van der Waals surface area contributed by atoms with Gasteiger partial charge in [-0.1, -0.05) is 0 Å². The van der Waals surface area contributed by atoms with Gasteiger partial charge in [0, 0.05) is 13.1 Å². The summed E-state index contributed by atoms with van der Waals surface area (Å²) in [7, 11) is 0. The number of rotatable bonds is 6. The van der Waals surface area contributed by atoms with Crippen molar-refractivity contribution in [3.05, 3.63) is 0 Å². The van der Waals surface area contributed by atoms with Gasteiger partial charge in [0.15, 0.2) is 0 Å². The van der Waals surface area contributed by atoms with Gasteiger partial charge in [-0.3, -0.25) is 0 Å². The minimum absolute atomic E-state index is 0.790. The topological polar surface area (TPSA) is 59.7 Å². The summed E-state index contributed by atoms with van der Waals surface area (Å²) in [5.74, 6) is 0. The molecular weight excluding hydrogens is 114 g/mol. The molecule has 0 radical (unpaired) electrons. The van der Waals surface area contributed by atoms with E-state index >= 15 is 0 Å². The second-order valence-corrected chi connectivity index (χ2v) is 1.74. The first-order chi connectivity index (χ1) is 4.41. The van der Waals surface area contributed by atoms with Crippen LogP contribution in [0.4, 0.5) is 0 Å². The predicted octanol–water partition coefficient (Wildman–Crippen LogP) is 0.655. The molecule has 0 unspecified atom stereocenters. The minimum Gasteiger partial charge on any atom is -0.316 e.